The molecule has 1 heterocycles. The first-order valence-electron chi connectivity index (χ1n) is 8.27. The molecular weight excluding hydrogens is 220 g/mol. The molecule has 0 aromatic rings. The molecule has 0 spiro atoms. The van der Waals surface area contributed by atoms with Crippen LogP contribution in [0.5, 0.6) is 0 Å². The summed E-state index contributed by atoms with van der Waals surface area (Å²) in [6.45, 7) is 6.26. The predicted octanol–water partition coefficient (Wildman–Crippen LogP) is 3.41. The molecule has 0 radical (unpaired) electrons. The lowest BCUT2D eigenvalue weighted by atomic mass is 9.84. The standard InChI is InChI=1S/C16H32N2/c1-2-3-7-14-8-6-11-18(12-14)13-15-9-4-5-10-16(15)17/h14-16H,2-13,17H2,1H3/t14?,15-,16+/m0/s1. The van der Waals surface area contributed by atoms with Gasteiger partial charge in [0.2, 0.25) is 0 Å². The molecule has 1 aliphatic carbocycles. The van der Waals surface area contributed by atoms with Gasteiger partial charge in [-0.15, -0.1) is 0 Å². The molecule has 106 valence electrons. The highest BCUT2D eigenvalue weighted by molar-refractivity contribution is 4.82. The van der Waals surface area contributed by atoms with Gasteiger partial charge < -0.3 is 10.6 Å². The lowest BCUT2D eigenvalue weighted by Gasteiger charge is -2.38. The molecule has 0 amide bonds. The zero-order chi connectivity index (χ0) is 12.8. The van der Waals surface area contributed by atoms with Crippen LogP contribution in [0.15, 0.2) is 0 Å². The van der Waals surface area contributed by atoms with Crippen molar-refractivity contribution in [2.45, 2.75) is 70.8 Å². The molecule has 2 aliphatic rings. The van der Waals surface area contributed by atoms with Crippen molar-refractivity contribution >= 4 is 0 Å². The summed E-state index contributed by atoms with van der Waals surface area (Å²) in [5.74, 6) is 1.75. The second-order valence-corrected chi connectivity index (χ2v) is 6.62. The minimum absolute atomic E-state index is 0.481. The van der Waals surface area contributed by atoms with E-state index in [9.17, 15) is 0 Å². The van der Waals surface area contributed by atoms with Gasteiger partial charge in [0, 0.05) is 19.1 Å². The lowest BCUT2D eigenvalue weighted by molar-refractivity contribution is 0.125. The highest BCUT2D eigenvalue weighted by Gasteiger charge is 2.26. The van der Waals surface area contributed by atoms with Crippen LogP contribution in [0.2, 0.25) is 0 Å². The lowest BCUT2D eigenvalue weighted by Crippen LogP contribution is -2.44. The van der Waals surface area contributed by atoms with Gasteiger partial charge in [-0.25, -0.2) is 0 Å². The van der Waals surface area contributed by atoms with Gasteiger partial charge in [-0.2, -0.15) is 0 Å². The molecule has 0 bridgehead atoms. The Morgan fingerprint density at radius 2 is 1.94 bits per heavy atom. The fraction of sp³-hybridized carbons (Fsp3) is 1.00. The molecule has 18 heavy (non-hydrogen) atoms. The Bertz CT molecular complexity index is 229. The van der Waals surface area contributed by atoms with E-state index in [1.165, 1.54) is 77.4 Å². The quantitative estimate of drug-likeness (QED) is 0.812. The summed E-state index contributed by atoms with van der Waals surface area (Å²) < 4.78 is 0. The van der Waals surface area contributed by atoms with Gasteiger partial charge in [0.15, 0.2) is 0 Å². The van der Waals surface area contributed by atoms with E-state index in [0.717, 1.165) is 11.8 Å². The number of unbranched alkanes of at least 4 members (excludes halogenated alkanes) is 1. The zero-order valence-electron chi connectivity index (χ0n) is 12.2. The summed E-state index contributed by atoms with van der Waals surface area (Å²) in [4.78, 5) is 2.72. The number of piperidine rings is 1. The van der Waals surface area contributed by atoms with Gasteiger partial charge in [0.1, 0.15) is 0 Å². The second-order valence-electron chi connectivity index (χ2n) is 6.62. The number of nitrogens with zero attached hydrogens (tertiary/aromatic N) is 1. The molecule has 2 rings (SSSR count). The van der Waals surface area contributed by atoms with Crippen LogP contribution in [-0.2, 0) is 0 Å². The molecule has 1 saturated carbocycles. The van der Waals surface area contributed by atoms with Crippen molar-refractivity contribution in [3.8, 4) is 0 Å². The van der Waals surface area contributed by atoms with E-state index in [4.69, 9.17) is 5.73 Å². The average molecular weight is 252 g/mol. The Morgan fingerprint density at radius 3 is 2.72 bits per heavy atom. The van der Waals surface area contributed by atoms with E-state index < -0.39 is 0 Å². The summed E-state index contributed by atoms with van der Waals surface area (Å²) in [5, 5.41) is 0. The van der Waals surface area contributed by atoms with Crippen LogP contribution >= 0.6 is 0 Å². The molecule has 2 N–H and O–H groups in total. The molecule has 1 saturated heterocycles. The molecule has 2 fully saturated rings. The van der Waals surface area contributed by atoms with Crippen molar-refractivity contribution in [2.24, 2.45) is 17.6 Å². The van der Waals surface area contributed by atoms with E-state index in [-0.39, 0.29) is 0 Å². The molecule has 0 aromatic heterocycles. The van der Waals surface area contributed by atoms with Crippen LogP contribution in [0.3, 0.4) is 0 Å². The minimum atomic E-state index is 0.481. The number of nitrogens with two attached hydrogens (primary N) is 1. The summed E-state index contributed by atoms with van der Waals surface area (Å²) >= 11 is 0. The van der Waals surface area contributed by atoms with Gasteiger partial charge >= 0.3 is 0 Å². The number of hydrogen-bond donors (Lipinski definition) is 1. The molecule has 2 nitrogen and oxygen atoms in total. The van der Waals surface area contributed by atoms with Gasteiger partial charge in [-0.3, -0.25) is 0 Å². The summed E-state index contributed by atoms with van der Waals surface area (Å²) in [7, 11) is 0. The van der Waals surface area contributed by atoms with Crippen molar-refractivity contribution in [2.75, 3.05) is 19.6 Å². The molecule has 1 unspecified atom stereocenters. The zero-order valence-corrected chi connectivity index (χ0v) is 12.2. The van der Waals surface area contributed by atoms with Crippen LogP contribution in [-0.4, -0.2) is 30.6 Å². The molecule has 0 aromatic carbocycles. The minimum Gasteiger partial charge on any atom is -0.327 e. The number of hydrogen-bond acceptors (Lipinski definition) is 2. The third-order valence-electron chi connectivity index (χ3n) is 5.03. The third kappa shape index (κ3) is 4.24. The maximum Gasteiger partial charge on any atom is 0.00793 e. The van der Waals surface area contributed by atoms with Gasteiger partial charge in [-0.1, -0.05) is 32.6 Å². The van der Waals surface area contributed by atoms with Crippen molar-refractivity contribution < 1.29 is 0 Å². The van der Waals surface area contributed by atoms with Crippen molar-refractivity contribution in [3.05, 3.63) is 0 Å². The van der Waals surface area contributed by atoms with Crippen molar-refractivity contribution in [3.63, 3.8) is 0 Å². The van der Waals surface area contributed by atoms with Crippen molar-refractivity contribution in [1.29, 1.82) is 0 Å². The number of likely N-dealkylation sites (tertiary alicyclic amines) is 1. The normalized spacial score (nSPS) is 34.7. The van der Waals surface area contributed by atoms with Gasteiger partial charge in [-0.05, 0) is 50.5 Å². The van der Waals surface area contributed by atoms with Crippen LogP contribution in [0.25, 0.3) is 0 Å². The topological polar surface area (TPSA) is 29.3 Å². The van der Waals surface area contributed by atoms with Crippen LogP contribution in [0.1, 0.15) is 64.7 Å². The highest BCUT2D eigenvalue weighted by Crippen LogP contribution is 2.27. The summed E-state index contributed by atoms with van der Waals surface area (Å²) in [5.41, 5.74) is 6.28. The first-order valence-corrected chi connectivity index (χ1v) is 8.27. The Morgan fingerprint density at radius 1 is 1.11 bits per heavy atom. The summed E-state index contributed by atoms with van der Waals surface area (Å²) in [6, 6.07) is 0.481. The maximum atomic E-state index is 6.28. The van der Waals surface area contributed by atoms with E-state index in [2.05, 4.69) is 11.8 Å². The number of rotatable bonds is 5. The second kappa shape index (κ2) is 7.49. The monoisotopic (exact) mass is 252 g/mol. The third-order valence-corrected chi connectivity index (χ3v) is 5.03. The van der Waals surface area contributed by atoms with Crippen LogP contribution in [0, 0.1) is 11.8 Å². The first-order chi connectivity index (χ1) is 8.79. The van der Waals surface area contributed by atoms with Gasteiger partial charge in [0.25, 0.3) is 0 Å². The smallest absolute Gasteiger partial charge is 0.00793 e. The fourth-order valence-electron chi connectivity index (χ4n) is 3.84. The molecule has 2 heteroatoms. The maximum absolute atomic E-state index is 6.28. The largest absolute Gasteiger partial charge is 0.327 e. The van der Waals surface area contributed by atoms with E-state index in [1.54, 1.807) is 0 Å². The van der Waals surface area contributed by atoms with Crippen molar-refractivity contribution in [1.82, 2.24) is 4.90 Å². The van der Waals surface area contributed by atoms with E-state index in [1.807, 2.05) is 0 Å². The Kier molecular flexibility index (Phi) is 5.97. The van der Waals surface area contributed by atoms with Crippen LogP contribution in [0.4, 0.5) is 0 Å². The highest BCUT2D eigenvalue weighted by atomic mass is 15.1. The predicted molar refractivity (Wildman–Crippen MR) is 78.6 cm³/mol. The van der Waals surface area contributed by atoms with E-state index >= 15 is 0 Å². The average Bonchev–Trinajstić information content (AvgIpc) is 2.40. The molecule has 3 atom stereocenters. The summed E-state index contributed by atoms with van der Waals surface area (Å²) in [6.07, 6.45) is 12.5. The molecular formula is C16H32N2. The Labute approximate surface area is 113 Å². The van der Waals surface area contributed by atoms with Gasteiger partial charge in [0.05, 0.1) is 0 Å². The molecule has 1 aliphatic heterocycles. The first kappa shape index (κ1) is 14.3. The van der Waals surface area contributed by atoms with Crippen LogP contribution < -0.4 is 5.73 Å². The van der Waals surface area contributed by atoms with E-state index in [0.29, 0.717) is 6.04 Å². The Balaban J connectivity index is 1.74. The Hall–Kier alpha value is -0.0800. The SMILES string of the molecule is CCCCC1CCCN(C[C@@H]2CCCC[C@H]2N)C1. The fourth-order valence-corrected chi connectivity index (χ4v) is 3.84.